The van der Waals surface area contributed by atoms with E-state index < -0.39 is 16.7 Å². The van der Waals surface area contributed by atoms with Gasteiger partial charge in [0.15, 0.2) is 11.6 Å². The number of aromatic nitrogens is 2. The third kappa shape index (κ3) is 4.89. The number of nitro groups is 1. The molecule has 29 heavy (non-hydrogen) atoms. The van der Waals surface area contributed by atoms with Crippen LogP contribution in [0.25, 0.3) is 0 Å². The van der Waals surface area contributed by atoms with Gasteiger partial charge in [-0.05, 0) is 30.3 Å². The maximum absolute atomic E-state index is 12.6. The van der Waals surface area contributed by atoms with Crippen LogP contribution in [0.15, 0.2) is 54.9 Å². The Morgan fingerprint density at radius 3 is 2.28 bits per heavy atom. The van der Waals surface area contributed by atoms with E-state index in [-0.39, 0.29) is 23.0 Å². The lowest BCUT2D eigenvalue weighted by Gasteiger charge is -2.11. The van der Waals surface area contributed by atoms with Crippen LogP contribution >= 0.6 is 0 Å². The zero-order chi connectivity index (χ0) is 21.0. The molecule has 0 aliphatic heterocycles. The average molecular weight is 405 g/mol. The van der Waals surface area contributed by atoms with Gasteiger partial charge >= 0.3 is 6.18 Å². The molecular weight excluding hydrogens is 391 g/mol. The summed E-state index contributed by atoms with van der Waals surface area (Å²) >= 11 is 0. The van der Waals surface area contributed by atoms with Crippen LogP contribution in [0.4, 0.5) is 41.9 Å². The number of benzene rings is 2. The van der Waals surface area contributed by atoms with Crippen molar-refractivity contribution in [1.29, 1.82) is 0 Å². The van der Waals surface area contributed by atoms with Crippen LogP contribution < -0.4 is 15.4 Å². The zero-order valence-electron chi connectivity index (χ0n) is 14.9. The lowest BCUT2D eigenvalue weighted by Crippen LogP contribution is -2.05. The summed E-state index contributed by atoms with van der Waals surface area (Å²) in [6, 6.07) is 8.59. The first-order valence-corrected chi connectivity index (χ1v) is 8.12. The van der Waals surface area contributed by atoms with Crippen molar-refractivity contribution in [1.82, 2.24) is 9.97 Å². The molecule has 0 aliphatic carbocycles. The molecular formula is C18H14F3N5O3. The van der Waals surface area contributed by atoms with Crippen molar-refractivity contribution in [2.75, 3.05) is 17.7 Å². The monoisotopic (exact) mass is 405 g/mol. The highest BCUT2D eigenvalue weighted by Gasteiger charge is 2.29. The van der Waals surface area contributed by atoms with Crippen LogP contribution in [0.1, 0.15) is 5.56 Å². The van der Waals surface area contributed by atoms with Gasteiger partial charge in [0.2, 0.25) is 0 Å². The first kappa shape index (κ1) is 19.9. The summed E-state index contributed by atoms with van der Waals surface area (Å²) in [4.78, 5) is 18.9. The molecule has 0 saturated heterocycles. The van der Waals surface area contributed by atoms with Crippen LogP contribution in [-0.2, 0) is 6.18 Å². The molecule has 2 N–H and O–H groups in total. The Morgan fingerprint density at radius 2 is 1.69 bits per heavy atom. The van der Waals surface area contributed by atoms with Gasteiger partial charge in [0.05, 0.1) is 30.0 Å². The normalized spacial score (nSPS) is 11.0. The summed E-state index contributed by atoms with van der Waals surface area (Å²) in [6.45, 7) is 0. The second kappa shape index (κ2) is 8.00. The second-order valence-corrected chi connectivity index (χ2v) is 5.75. The molecule has 0 atom stereocenters. The van der Waals surface area contributed by atoms with Crippen LogP contribution in [0.2, 0.25) is 0 Å². The molecule has 0 bridgehead atoms. The summed E-state index contributed by atoms with van der Waals surface area (Å²) in [5.74, 6) is 0.837. The summed E-state index contributed by atoms with van der Waals surface area (Å²) in [5.41, 5.74) is -0.435. The molecule has 0 spiro atoms. The molecule has 0 aliphatic rings. The summed E-state index contributed by atoms with van der Waals surface area (Å²) < 4.78 is 43.0. The number of hydrogen-bond acceptors (Lipinski definition) is 7. The van der Waals surface area contributed by atoms with E-state index in [1.165, 1.54) is 49.8 Å². The predicted octanol–water partition coefficient (Wildman–Crippen LogP) is 4.90. The Kier molecular flexibility index (Phi) is 5.48. The molecule has 8 nitrogen and oxygen atoms in total. The van der Waals surface area contributed by atoms with Crippen molar-refractivity contribution in [3.8, 4) is 5.75 Å². The topological polar surface area (TPSA) is 102 Å². The van der Waals surface area contributed by atoms with E-state index in [1.54, 1.807) is 0 Å². The first-order chi connectivity index (χ1) is 13.8. The molecule has 2 aromatic carbocycles. The van der Waals surface area contributed by atoms with Crippen LogP contribution in [0, 0.1) is 10.1 Å². The largest absolute Gasteiger partial charge is 0.497 e. The lowest BCUT2D eigenvalue weighted by atomic mass is 10.2. The Morgan fingerprint density at radius 1 is 1.03 bits per heavy atom. The van der Waals surface area contributed by atoms with Gasteiger partial charge in [-0.1, -0.05) is 0 Å². The SMILES string of the molecule is COc1ccc([N+](=O)[O-])c(Nc2cncc(Nc3ccc(C(F)(F)F)cc3)n2)c1. The number of ether oxygens (including phenoxy) is 1. The van der Waals surface area contributed by atoms with E-state index in [0.29, 0.717) is 11.4 Å². The fraction of sp³-hybridized carbons (Fsp3) is 0.111. The number of rotatable bonds is 6. The summed E-state index contributed by atoms with van der Waals surface area (Å²) in [5, 5.41) is 16.8. The van der Waals surface area contributed by atoms with Gasteiger partial charge in [0.1, 0.15) is 11.4 Å². The number of nitro benzene ring substituents is 1. The van der Waals surface area contributed by atoms with Gasteiger partial charge in [-0.3, -0.25) is 15.1 Å². The van der Waals surface area contributed by atoms with Crippen molar-refractivity contribution in [3.63, 3.8) is 0 Å². The van der Waals surface area contributed by atoms with Crippen LogP contribution in [0.5, 0.6) is 5.75 Å². The van der Waals surface area contributed by atoms with E-state index in [4.69, 9.17) is 4.74 Å². The minimum absolute atomic E-state index is 0.148. The van der Waals surface area contributed by atoms with Crippen molar-refractivity contribution >= 4 is 28.7 Å². The molecule has 3 rings (SSSR count). The molecule has 0 saturated carbocycles. The smallest absolute Gasteiger partial charge is 0.416 e. The van der Waals surface area contributed by atoms with E-state index in [0.717, 1.165) is 12.1 Å². The quantitative estimate of drug-likeness (QED) is 0.444. The highest BCUT2D eigenvalue weighted by Crippen LogP contribution is 2.32. The second-order valence-electron chi connectivity index (χ2n) is 5.75. The van der Waals surface area contributed by atoms with Gasteiger partial charge < -0.3 is 15.4 Å². The Labute approximate surface area is 162 Å². The molecule has 1 heterocycles. The molecule has 11 heteroatoms. The van der Waals surface area contributed by atoms with Crippen LogP contribution in [0.3, 0.4) is 0 Å². The highest BCUT2D eigenvalue weighted by molar-refractivity contribution is 5.70. The standard InChI is InChI=1S/C18H14F3N5O3/c1-29-13-6-7-15(26(27)28)14(8-13)24-17-10-22-9-16(25-17)23-12-4-2-11(3-5-12)18(19,20)21/h2-10H,1H3,(H2,23,24,25). The number of nitrogens with zero attached hydrogens (tertiary/aromatic N) is 3. The molecule has 0 fully saturated rings. The van der Waals surface area contributed by atoms with Gasteiger partial charge in [0, 0.05) is 17.8 Å². The lowest BCUT2D eigenvalue weighted by molar-refractivity contribution is -0.383. The van der Waals surface area contributed by atoms with Gasteiger partial charge in [-0.2, -0.15) is 13.2 Å². The van der Waals surface area contributed by atoms with E-state index in [2.05, 4.69) is 20.6 Å². The van der Waals surface area contributed by atoms with Crippen molar-refractivity contribution < 1.29 is 22.8 Å². The number of nitrogens with one attached hydrogen (secondary N) is 2. The Hall–Kier alpha value is -3.89. The zero-order valence-corrected chi connectivity index (χ0v) is 14.9. The van der Waals surface area contributed by atoms with Crippen LogP contribution in [-0.4, -0.2) is 22.0 Å². The van der Waals surface area contributed by atoms with Crippen molar-refractivity contribution in [2.45, 2.75) is 6.18 Å². The molecule has 1 aromatic heterocycles. The predicted molar refractivity (Wildman–Crippen MR) is 99.7 cm³/mol. The number of alkyl halides is 3. The number of hydrogen-bond donors (Lipinski definition) is 2. The minimum atomic E-state index is -4.42. The fourth-order valence-corrected chi connectivity index (χ4v) is 2.42. The minimum Gasteiger partial charge on any atom is -0.497 e. The van der Waals surface area contributed by atoms with E-state index in [9.17, 15) is 23.3 Å². The van der Waals surface area contributed by atoms with Gasteiger partial charge in [-0.15, -0.1) is 0 Å². The average Bonchev–Trinajstić information content (AvgIpc) is 2.67. The fourth-order valence-electron chi connectivity index (χ4n) is 2.42. The number of anilines is 4. The van der Waals surface area contributed by atoms with Gasteiger partial charge in [-0.25, -0.2) is 4.98 Å². The Bertz CT molecular complexity index is 1030. The van der Waals surface area contributed by atoms with Crippen molar-refractivity contribution in [2.24, 2.45) is 0 Å². The molecule has 3 aromatic rings. The molecule has 150 valence electrons. The third-order valence-corrected chi connectivity index (χ3v) is 3.78. The van der Waals surface area contributed by atoms with Gasteiger partial charge in [0.25, 0.3) is 5.69 Å². The van der Waals surface area contributed by atoms with E-state index in [1.807, 2.05) is 0 Å². The maximum Gasteiger partial charge on any atom is 0.416 e. The maximum atomic E-state index is 12.6. The highest BCUT2D eigenvalue weighted by atomic mass is 19.4. The third-order valence-electron chi connectivity index (χ3n) is 3.78. The van der Waals surface area contributed by atoms with Crippen molar-refractivity contribution in [3.05, 3.63) is 70.5 Å². The molecule has 0 radical (unpaired) electrons. The first-order valence-electron chi connectivity index (χ1n) is 8.12. The summed E-state index contributed by atoms with van der Waals surface area (Å²) in [7, 11) is 1.43. The number of halogens is 3. The van der Waals surface area contributed by atoms with E-state index >= 15 is 0 Å². The molecule has 0 amide bonds. The number of methoxy groups -OCH3 is 1. The Balaban J connectivity index is 1.81. The molecule has 0 unspecified atom stereocenters. The summed E-state index contributed by atoms with van der Waals surface area (Å²) in [6.07, 6.45) is -1.71.